The molecule has 1 rings (SSSR count). The summed E-state index contributed by atoms with van der Waals surface area (Å²) in [6.07, 6.45) is 5.95. The molecule has 0 saturated heterocycles. The second-order valence-corrected chi connectivity index (χ2v) is 6.51. The summed E-state index contributed by atoms with van der Waals surface area (Å²) in [5, 5.41) is 0.214. The number of carbonyl (C=O) groups is 1. The maximum atomic E-state index is 12.1. The zero-order chi connectivity index (χ0) is 14.8. The van der Waals surface area contributed by atoms with Crippen molar-refractivity contribution in [2.24, 2.45) is 0 Å². The molecule has 0 aliphatic carbocycles. The van der Waals surface area contributed by atoms with Gasteiger partial charge in [0.1, 0.15) is 20.7 Å². The third-order valence-electron chi connectivity index (χ3n) is 3.35. The molecule has 1 aromatic rings. The van der Waals surface area contributed by atoms with Gasteiger partial charge in [0, 0.05) is 0 Å². The van der Waals surface area contributed by atoms with Gasteiger partial charge in [-0.15, -0.1) is 0 Å². The van der Waals surface area contributed by atoms with Crippen molar-refractivity contribution in [3.63, 3.8) is 0 Å². The minimum absolute atomic E-state index is 0.214. The van der Waals surface area contributed by atoms with E-state index < -0.39 is 0 Å². The molecule has 0 aliphatic heterocycles. The van der Waals surface area contributed by atoms with E-state index in [-0.39, 0.29) is 11.5 Å². The Morgan fingerprint density at radius 1 is 1.20 bits per heavy atom. The molecule has 0 heterocycles. The second-order valence-electron chi connectivity index (χ2n) is 5.00. The zero-order valence-electron chi connectivity index (χ0n) is 12.9. The van der Waals surface area contributed by atoms with E-state index >= 15 is 0 Å². The highest BCUT2D eigenvalue weighted by Gasteiger charge is 2.15. The summed E-state index contributed by atoms with van der Waals surface area (Å²) in [5.74, 6) is 0.766. The van der Waals surface area contributed by atoms with Crippen molar-refractivity contribution >= 4 is 14.9 Å². The van der Waals surface area contributed by atoms with Gasteiger partial charge in [-0.2, -0.15) is 0 Å². The van der Waals surface area contributed by atoms with Crippen molar-refractivity contribution in [3.8, 4) is 5.75 Å². The fourth-order valence-corrected chi connectivity index (χ4v) is 2.88. The molecule has 3 heteroatoms. The predicted molar refractivity (Wildman–Crippen MR) is 85.9 cm³/mol. The third-order valence-corrected chi connectivity index (χ3v) is 4.29. The predicted octanol–water partition coefficient (Wildman–Crippen LogP) is 4.71. The van der Waals surface area contributed by atoms with Crippen molar-refractivity contribution < 1.29 is 9.53 Å². The summed E-state index contributed by atoms with van der Waals surface area (Å²) < 4.78 is 6.09. The van der Waals surface area contributed by atoms with Crippen LogP contribution in [0.15, 0.2) is 24.3 Å². The van der Waals surface area contributed by atoms with Crippen LogP contribution in [0.1, 0.15) is 63.2 Å². The van der Waals surface area contributed by atoms with Gasteiger partial charge in [0.25, 0.3) is 0 Å². The smallest absolute Gasteiger partial charge is 0.139 e. The summed E-state index contributed by atoms with van der Waals surface area (Å²) in [7, 11) is 0.342. The molecule has 0 spiro atoms. The van der Waals surface area contributed by atoms with E-state index in [4.69, 9.17) is 4.74 Å². The van der Waals surface area contributed by atoms with Crippen molar-refractivity contribution in [1.29, 1.82) is 0 Å². The van der Waals surface area contributed by atoms with Gasteiger partial charge in [0.05, 0.1) is 11.7 Å². The number of para-hydroxylation sites is 1. The van der Waals surface area contributed by atoms with Crippen LogP contribution in [0.25, 0.3) is 0 Å². The first-order chi connectivity index (χ1) is 9.72. The Balaban J connectivity index is 2.71. The number of unbranched alkanes of at least 4 members (excludes halogenated alkanes) is 2. The summed E-state index contributed by atoms with van der Waals surface area (Å²) in [4.78, 5) is 12.1. The van der Waals surface area contributed by atoms with E-state index in [1.807, 2.05) is 31.2 Å². The molecule has 1 aromatic carbocycles. The molecule has 0 fully saturated rings. The Kier molecular flexibility index (Phi) is 8.27. The summed E-state index contributed by atoms with van der Waals surface area (Å²) in [6, 6.07) is 8.58. The maximum absolute atomic E-state index is 12.1. The Hall–Kier alpha value is -1.09. The molecule has 0 amide bonds. The Morgan fingerprint density at radius 2 is 1.95 bits per heavy atom. The lowest BCUT2D eigenvalue weighted by Crippen LogP contribution is -2.18. The van der Waals surface area contributed by atoms with Crippen LogP contribution >= 0.6 is 0 Å². The van der Waals surface area contributed by atoms with Gasteiger partial charge in [0.2, 0.25) is 0 Å². The zero-order valence-corrected chi connectivity index (χ0v) is 13.9. The quantitative estimate of drug-likeness (QED) is 0.461. The average molecular weight is 290 g/mol. The maximum Gasteiger partial charge on any atom is 0.139 e. The highest BCUT2D eigenvalue weighted by molar-refractivity contribution is 6.77. The molecule has 0 N–H and O–H groups in total. The number of benzene rings is 1. The second kappa shape index (κ2) is 9.75. The normalized spacial score (nSPS) is 12.2. The largest absolute Gasteiger partial charge is 0.490 e. The average Bonchev–Trinajstić information content (AvgIpc) is 2.47. The van der Waals surface area contributed by atoms with E-state index in [0.29, 0.717) is 9.52 Å². The van der Waals surface area contributed by atoms with Crippen LogP contribution in [0.4, 0.5) is 0 Å². The number of carbonyl (C=O) groups excluding carboxylic acids is 1. The summed E-state index contributed by atoms with van der Waals surface area (Å²) in [5.41, 5.74) is 0.752. The van der Waals surface area contributed by atoms with E-state index in [9.17, 15) is 4.79 Å². The van der Waals surface area contributed by atoms with Gasteiger partial charge in [0.15, 0.2) is 0 Å². The lowest BCUT2D eigenvalue weighted by molar-refractivity contribution is 0.106. The van der Waals surface area contributed by atoms with Crippen molar-refractivity contribution in [3.05, 3.63) is 29.8 Å². The molecule has 0 aromatic heterocycles. The number of ether oxygens (including phenoxy) is 1. The molecule has 20 heavy (non-hydrogen) atoms. The number of hydrogen-bond acceptors (Lipinski definition) is 2. The molecular formula is C17H26O2Si. The fraction of sp³-hybridized carbons (Fsp3) is 0.588. The van der Waals surface area contributed by atoms with Gasteiger partial charge in [-0.1, -0.05) is 51.8 Å². The first-order valence-corrected chi connectivity index (χ1v) is 8.97. The Bertz CT molecular complexity index is 404. The first-order valence-electron chi connectivity index (χ1n) is 7.76. The monoisotopic (exact) mass is 290 g/mol. The van der Waals surface area contributed by atoms with Gasteiger partial charge in [-0.05, 0) is 31.4 Å². The van der Waals surface area contributed by atoms with Crippen LogP contribution in [0.5, 0.6) is 5.75 Å². The van der Waals surface area contributed by atoms with E-state index in [1.165, 1.54) is 19.3 Å². The van der Waals surface area contributed by atoms with Gasteiger partial charge >= 0.3 is 0 Å². The van der Waals surface area contributed by atoms with Crippen molar-refractivity contribution in [2.75, 3.05) is 0 Å². The van der Waals surface area contributed by atoms with Crippen molar-refractivity contribution in [2.45, 2.75) is 65.0 Å². The summed E-state index contributed by atoms with van der Waals surface area (Å²) in [6.45, 7) is 6.40. The molecule has 1 unspecified atom stereocenters. The topological polar surface area (TPSA) is 26.3 Å². The SMILES string of the molecule is CCCCCC(CC)Oc1ccccc1C(=O)[Si]CC. The van der Waals surface area contributed by atoms with E-state index in [2.05, 4.69) is 13.8 Å². The third kappa shape index (κ3) is 5.49. The van der Waals surface area contributed by atoms with E-state index in [0.717, 1.165) is 30.2 Å². The van der Waals surface area contributed by atoms with Crippen LogP contribution in [0, 0.1) is 0 Å². The Morgan fingerprint density at radius 3 is 2.60 bits per heavy atom. The highest BCUT2D eigenvalue weighted by Crippen LogP contribution is 2.22. The van der Waals surface area contributed by atoms with Crippen molar-refractivity contribution in [1.82, 2.24) is 0 Å². The van der Waals surface area contributed by atoms with E-state index in [1.54, 1.807) is 0 Å². The van der Waals surface area contributed by atoms with Crippen LogP contribution in [0.2, 0.25) is 6.04 Å². The Labute approximate surface area is 125 Å². The van der Waals surface area contributed by atoms with Crippen LogP contribution in [-0.4, -0.2) is 21.0 Å². The minimum atomic E-state index is 0.214. The standard InChI is InChI=1S/C17H26O2Si/c1-4-7-8-11-14(5-2)19-16-13-10-9-12-15(16)17(18)20-6-3/h9-10,12-14H,4-8,11H2,1-3H3. The molecule has 0 bridgehead atoms. The van der Waals surface area contributed by atoms with Gasteiger partial charge < -0.3 is 9.53 Å². The number of hydrogen-bond donors (Lipinski definition) is 0. The number of rotatable bonds is 10. The first kappa shape index (κ1) is 17.0. The highest BCUT2D eigenvalue weighted by atomic mass is 28.2. The van der Waals surface area contributed by atoms with Crippen LogP contribution in [-0.2, 0) is 0 Å². The fourth-order valence-electron chi connectivity index (χ4n) is 2.16. The van der Waals surface area contributed by atoms with Gasteiger partial charge in [-0.25, -0.2) is 0 Å². The van der Waals surface area contributed by atoms with Crippen LogP contribution in [0.3, 0.4) is 0 Å². The van der Waals surface area contributed by atoms with Crippen LogP contribution < -0.4 is 4.74 Å². The lowest BCUT2D eigenvalue weighted by Gasteiger charge is -2.19. The van der Waals surface area contributed by atoms with Gasteiger partial charge in [-0.3, -0.25) is 0 Å². The molecule has 2 radical (unpaired) electrons. The molecule has 2 nitrogen and oxygen atoms in total. The molecule has 0 aliphatic rings. The minimum Gasteiger partial charge on any atom is -0.490 e. The molecular weight excluding hydrogens is 264 g/mol. The lowest BCUT2D eigenvalue weighted by atomic mass is 10.1. The molecule has 110 valence electrons. The molecule has 0 saturated carbocycles. The molecule has 1 atom stereocenters. The summed E-state index contributed by atoms with van der Waals surface area (Å²) >= 11 is 0.